The molecular weight excluding hydrogens is 366 g/mol. The van der Waals surface area contributed by atoms with E-state index in [1.807, 2.05) is 69.3 Å². The predicted octanol–water partition coefficient (Wildman–Crippen LogP) is 3.48. The topological polar surface area (TPSA) is 86.8 Å². The SMILES string of the molecule is CCOc1ccccc1CNC(=NC)NCc1ccc(NC(=O)NC(C)C)cc1. The van der Waals surface area contributed by atoms with Crippen molar-refractivity contribution < 1.29 is 9.53 Å². The number of para-hydroxylation sites is 1. The molecule has 0 aliphatic heterocycles. The summed E-state index contributed by atoms with van der Waals surface area (Å²) in [7, 11) is 1.74. The lowest BCUT2D eigenvalue weighted by molar-refractivity contribution is 0.250. The van der Waals surface area contributed by atoms with Crippen molar-refractivity contribution in [2.45, 2.75) is 39.9 Å². The molecule has 7 heteroatoms. The van der Waals surface area contributed by atoms with Crippen LogP contribution in [0.25, 0.3) is 0 Å². The van der Waals surface area contributed by atoms with Crippen LogP contribution in [0, 0.1) is 0 Å². The van der Waals surface area contributed by atoms with Crippen LogP contribution in [0.2, 0.25) is 0 Å². The molecule has 0 radical (unpaired) electrons. The fourth-order valence-corrected chi connectivity index (χ4v) is 2.67. The Hall–Kier alpha value is -3.22. The number of guanidine groups is 1. The third-order valence-electron chi connectivity index (χ3n) is 4.03. The quantitative estimate of drug-likeness (QED) is 0.406. The number of benzene rings is 2. The number of hydrogen-bond acceptors (Lipinski definition) is 3. The number of urea groups is 1. The number of carbonyl (C=O) groups excluding carboxylic acids is 1. The normalized spacial score (nSPS) is 11.1. The van der Waals surface area contributed by atoms with Gasteiger partial charge in [0.2, 0.25) is 0 Å². The molecule has 29 heavy (non-hydrogen) atoms. The van der Waals surface area contributed by atoms with Crippen LogP contribution in [0.5, 0.6) is 5.75 Å². The first kappa shape index (κ1) is 22.1. The Labute approximate surface area is 173 Å². The van der Waals surface area contributed by atoms with Crippen molar-refractivity contribution >= 4 is 17.7 Å². The molecule has 0 bridgehead atoms. The highest BCUT2D eigenvalue weighted by Gasteiger charge is 2.05. The average Bonchev–Trinajstić information content (AvgIpc) is 2.70. The molecule has 0 aliphatic rings. The molecule has 0 spiro atoms. The van der Waals surface area contributed by atoms with Crippen molar-refractivity contribution in [1.29, 1.82) is 0 Å². The zero-order chi connectivity index (χ0) is 21.1. The number of nitrogens with one attached hydrogen (secondary N) is 4. The van der Waals surface area contributed by atoms with Crippen molar-refractivity contribution in [2.24, 2.45) is 4.99 Å². The van der Waals surface area contributed by atoms with Crippen molar-refractivity contribution in [3.8, 4) is 5.75 Å². The number of carbonyl (C=O) groups is 1. The molecule has 2 aromatic rings. The van der Waals surface area contributed by atoms with Crippen molar-refractivity contribution in [2.75, 3.05) is 19.0 Å². The van der Waals surface area contributed by atoms with Gasteiger partial charge in [-0.15, -0.1) is 0 Å². The summed E-state index contributed by atoms with van der Waals surface area (Å²) in [6, 6.07) is 15.5. The number of amides is 2. The van der Waals surface area contributed by atoms with E-state index >= 15 is 0 Å². The van der Waals surface area contributed by atoms with E-state index in [9.17, 15) is 4.79 Å². The van der Waals surface area contributed by atoms with E-state index in [0.717, 1.165) is 22.6 Å². The van der Waals surface area contributed by atoms with Crippen LogP contribution in [0.4, 0.5) is 10.5 Å². The summed E-state index contributed by atoms with van der Waals surface area (Å²) >= 11 is 0. The lowest BCUT2D eigenvalue weighted by Crippen LogP contribution is -2.36. The molecule has 0 aromatic heterocycles. The molecule has 0 heterocycles. The average molecular weight is 398 g/mol. The van der Waals surface area contributed by atoms with E-state index in [1.54, 1.807) is 7.05 Å². The van der Waals surface area contributed by atoms with Gasteiger partial charge in [-0.2, -0.15) is 0 Å². The minimum absolute atomic E-state index is 0.0956. The summed E-state index contributed by atoms with van der Waals surface area (Å²) in [5.41, 5.74) is 2.91. The fourth-order valence-electron chi connectivity index (χ4n) is 2.67. The van der Waals surface area contributed by atoms with Gasteiger partial charge in [0.15, 0.2) is 5.96 Å². The summed E-state index contributed by atoms with van der Waals surface area (Å²) in [6.45, 7) is 7.68. The summed E-state index contributed by atoms with van der Waals surface area (Å²) in [5.74, 6) is 1.58. The summed E-state index contributed by atoms with van der Waals surface area (Å²) in [6.07, 6.45) is 0. The Morgan fingerprint density at radius 3 is 2.38 bits per heavy atom. The second-order valence-corrected chi connectivity index (χ2v) is 6.77. The van der Waals surface area contributed by atoms with Gasteiger partial charge in [-0.1, -0.05) is 30.3 Å². The molecule has 0 saturated carbocycles. The Balaban J connectivity index is 1.84. The van der Waals surface area contributed by atoms with Gasteiger partial charge in [-0.3, -0.25) is 4.99 Å². The van der Waals surface area contributed by atoms with E-state index in [0.29, 0.717) is 25.7 Å². The number of nitrogens with zero attached hydrogens (tertiary/aromatic N) is 1. The zero-order valence-corrected chi connectivity index (χ0v) is 17.6. The van der Waals surface area contributed by atoms with Crippen LogP contribution < -0.4 is 26.0 Å². The van der Waals surface area contributed by atoms with Crippen LogP contribution >= 0.6 is 0 Å². The van der Waals surface area contributed by atoms with E-state index in [4.69, 9.17) is 4.74 Å². The Morgan fingerprint density at radius 2 is 1.72 bits per heavy atom. The van der Waals surface area contributed by atoms with E-state index in [1.165, 1.54) is 0 Å². The minimum atomic E-state index is -0.206. The first-order valence-electron chi connectivity index (χ1n) is 9.83. The van der Waals surface area contributed by atoms with Gasteiger partial charge in [-0.05, 0) is 44.5 Å². The van der Waals surface area contributed by atoms with Gasteiger partial charge in [-0.25, -0.2) is 4.79 Å². The van der Waals surface area contributed by atoms with Gasteiger partial charge in [0.25, 0.3) is 0 Å². The van der Waals surface area contributed by atoms with Crippen LogP contribution in [-0.2, 0) is 13.1 Å². The van der Waals surface area contributed by atoms with Crippen molar-refractivity contribution in [1.82, 2.24) is 16.0 Å². The van der Waals surface area contributed by atoms with Crippen molar-refractivity contribution in [3.63, 3.8) is 0 Å². The number of aliphatic imine (C=N–C) groups is 1. The fraction of sp³-hybridized carbons (Fsp3) is 0.364. The lowest BCUT2D eigenvalue weighted by atomic mass is 10.2. The third kappa shape index (κ3) is 7.73. The van der Waals surface area contributed by atoms with Crippen LogP contribution in [0.1, 0.15) is 31.9 Å². The Kier molecular flexibility index (Phi) is 8.82. The molecule has 0 saturated heterocycles. The number of hydrogen-bond donors (Lipinski definition) is 4. The second-order valence-electron chi connectivity index (χ2n) is 6.77. The summed E-state index contributed by atoms with van der Waals surface area (Å²) in [5, 5.41) is 12.2. The van der Waals surface area contributed by atoms with E-state index < -0.39 is 0 Å². The van der Waals surface area contributed by atoms with Gasteiger partial charge < -0.3 is 26.0 Å². The molecule has 2 rings (SSSR count). The highest BCUT2D eigenvalue weighted by Crippen LogP contribution is 2.17. The third-order valence-corrected chi connectivity index (χ3v) is 4.03. The van der Waals surface area contributed by atoms with Crippen LogP contribution in [0.3, 0.4) is 0 Å². The highest BCUT2D eigenvalue weighted by molar-refractivity contribution is 5.89. The standard InChI is InChI=1S/C22H31N5O2/c1-5-29-20-9-7-6-8-18(20)15-25-21(23-4)24-14-17-10-12-19(13-11-17)27-22(28)26-16(2)3/h6-13,16H,5,14-15H2,1-4H3,(H2,23,24,25)(H2,26,27,28). The molecular formula is C22H31N5O2. The zero-order valence-electron chi connectivity index (χ0n) is 17.6. The van der Waals surface area contributed by atoms with Crippen molar-refractivity contribution in [3.05, 3.63) is 59.7 Å². The molecule has 156 valence electrons. The van der Waals surface area contributed by atoms with Gasteiger partial charge >= 0.3 is 6.03 Å². The molecule has 2 aromatic carbocycles. The lowest BCUT2D eigenvalue weighted by Gasteiger charge is -2.14. The number of anilines is 1. The van der Waals surface area contributed by atoms with E-state index in [2.05, 4.69) is 26.3 Å². The predicted molar refractivity (Wildman–Crippen MR) is 118 cm³/mol. The largest absolute Gasteiger partial charge is 0.494 e. The maximum Gasteiger partial charge on any atom is 0.319 e. The minimum Gasteiger partial charge on any atom is -0.494 e. The summed E-state index contributed by atoms with van der Waals surface area (Å²) in [4.78, 5) is 16.0. The maximum absolute atomic E-state index is 11.7. The van der Waals surface area contributed by atoms with Crippen LogP contribution in [0.15, 0.2) is 53.5 Å². The molecule has 7 nitrogen and oxygen atoms in total. The van der Waals surface area contributed by atoms with Gasteiger partial charge in [0.1, 0.15) is 5.75 Å². The Bertz CT molecular complexity index is 803. The molecule has 2 amide bonds. The molecule has 0 atom stereocenters. The Morgan fingerprint density at radius 1 is 1.03 bits per heavy atom. The maximum atomic E-state index is 11.7. The van der Waals surface area contributed by atoms with Gasteiger partial charge in [0.05, 0.1) is 6.61 Å². The first-order valence-corrected chi connectivity index (χ1v) is 9.83. The molecule has 4 N–H and O–H groups in total. The second kappa shape index (κ2) is 11.6. The number of rotatable bonds is 8. The number of ether oxygens (including phenoxy) is 1. The summed E-state index contributed by atoms with van der Waals surface area (Å²) < 4.78 is 5.66. The smallest absolute Gasteiger partial charge is 0.319 e. The molecule has 0 aliphatic carbocycles. The first-order chi connectivity index (χ1) is 14.0. The van der Waals surface area contributed by atoms with E-state index in [-0.39, 0.29) is 12.1 Å². The van der Waals surface area contributed by atoms with Gasteiger partial charge in [0, 0.05) is 37.4 Å². The highest BCUT2D eigenvalue weighted by atomic mass is 16.5. The molecule has 0 unspecified atom stereocenters. The molecule has 0 fully saturated rings. The monoisotopic (exact) mass is 397 g/mol. The van der Waals surface area contributed by atoms with Crippen LogP contribution in [-0.4, -0.2) is 31.7 Å².